The van der Waals surface area contributed by atoms with E-state index in [0.717, 1.165) is 39.3 Å². The van der Waals surface area contributed by atoms with E-state index in [4.69, 9.17) is 0 Å². The molecule has 0 radical (unpaired) electrons. The maximum Gasteiger partial charge on any atom is 0.244 e. The molecule has 0 saturated carbocycles. The number of likely N-dealkylation sites (N-methyl/N-ethyl adjacent to an activating group) is 1. The third kappa shape index (κ3) is 3.24. The number of nitrogens with zero attached hydrogens (tertiary/aromatic N) is 2. The van der Waals surface area contributed by atoms with Crippen molar-refractivity contribution in [1.82, 2.24) is 20.4 Å². The van der Waals surface area contributed by atoms with Crippen LogP contribution >= 0.6 is 0 Å². The molecule has 2 rings (SSSR count). The minimum absolute atomic E-state index is 0.155. The Morgan fingerprint density at radius 2 is 2.06 bits per heavy atom. The number of nitrogens with one attached hydrogen (secondary N) is 2. The van der Waals surface area contributed by atoms with Gasteiger partial charge < -0.3 is 5.32 Å². The van der Waals surface area contributed by atoms with Crippen molar-refractivity contribution in [1.29, 1.82) is 0 Å². The van der Waals surface area contributed by atoms with Crippen LogP contribution in [0.1, 0.15) is 6.42 Å². The molecule has 6 nitrogen and oxygen atoms in total. The molecule has 17 heavy (non-hydrogen) atoms. The van der Waals surface area contributed by atoms with E-state index in [1.54, 1.807) is 0 Å². The van der Waals surface area contributed by atoms with Gasteiger partial charge in [-0.25, -0.2) is 0 Å². The summed E-state index contributed by atoms with van der Waals surface area (Å²) in [6, 6.07) is -0.273. The number of amides is 2. The van der Waals surface area contributed by atoms with Crippen molar-refractivity contribution in [3.8, 4) is 0 Å². The van der Waals surface area contributed by atoms with Crippen molar-refractivity contribution >= 4 is 11.8 Å². The van der Waals surface area contributed by atoms with Gasteiger partial charge in [0.25, 0.3) is 0 Å². The molecular weight excluding hydrogens is 220 g/mol. The molecule has 2 fully saturated rings. The molecule has 0 bridgehead atoms. The lowest BCUT2D eigenvalue weighted by molar-refractivity contribution is -0.126. The first-order valence-electron chi connectivity index (χ1n) is 6.14. The van der Waals surface area contributed by atoms with Crippen LogP contribution in [0.4, 0.5) is 0 Å². The minimum Gasteiger partial charge on any atom is -0.314 e. The molecule has 0 aliphatic carbocycles. The van der Waals surface area contributed by atoms with Gasteiger partial charge in [0.15, 0.2) is 0 Å². The van der Waals surface area contributed by atoms with Crippen LogP contribution in [0.3, 0.4) is 0 Å². The molecule has 6 heteroatoms. The molecule has 0 spiro atoms. The van der Waals surface area contributed by atoms with Gasteiger partial charge in [0.1, 0.15) is 0 Å². The Labute approximate surface area is 101 Å². The van der Waals surface area contributed by atoms with Crippen molar-refractivity contribution in [3.63, 3.8) is 0 Å². The Kier molecular flexibility index (Phi) is 4.09. The van der Waals surface area contributed by atoms with Crippen LogP contribution in [0.15, 0.2) is 0 Å². The molecule has 2 amide bonds. The first-order chi connectivity index (χ1) is 8.16. The fraction of sp³-hybridized carbons (Fsp3) is 0.818. The van der Waals surface area contributed by atoms with Crippen molar-refractivity contribution in [2.24, 2.45) is 0 Å². The molecule has 2 aliphatic heterocycles. The Hall–Kier alpha value is -0.980. The quantitative estimate of drug-likeness (QED) is 0.570. The molecule has 2 saturated heterocycles. The Balaban J connectivity index is 1.74. The Bertz CT molecular complexity index is 302. The van der Waals surface area contributed by atoms with Crippen LogP contribution in [0, 0.1) is 0 Å². The zero-order valence-corrected chi connectivity index (χ0v) is 10.2. The lowest BCUT2D eigenvalue weighted by Crippen LogP contribution is -2.47. The van der Waals surface area contributed by atoms with Crippen molar-refractivity contribution in [3.05, 3.63) is 0 Å². The van der Waals surface area contributed by atoms with Crippen LogP contribution < -0.4 is 10.6 Å². The molecule has 96 valence electrons. The second-order valence-electron chi connectivity index (χ2n) is 4.70. The van der Waals surface area contributed by atoms with E-state index in [0.29, 0.717) is 6.42 Å². The predicted octanol–water partition coefficient (Wildman–Crippen LogP) is -1.76. The monoisotopic (exact) mass is 240 g/mol. The smallest absolute Gasteiger partial charge is 0.244 e. The van der Waals surface area contributed by atoms with Gasteiger partial charge in [0.05, 0.1) is 12.5 Å². The van der Waals surface area contributed by atoms with E-state index < -0.39 is 0 Å². The molecular formula is C11H20N4O2. The second-order valence-corrected chi connectivity index (χ2v) is 4.70. The second kappa shape index (κ2) is 5.57. The summed E-state index contributed by atoms with van der Waals surface area (Å²) in [5, 5.41) is 5.65. The Morgan fingerprint density at radius 1 is 1.35 bits per heavy atom. The zero-order chi connectivity index (χ0) is 12.3. The standard InChI is InChI=1S/C11H20N4O2/c1-14(9-8-10(16)13-11(9)17)6-7-15-4-2-12-3-5-15/h9,12H,2-8H2,1H3,(H,13,16,17). The number of piperazine rings is 1. The van der Waals surface area contributed by atoms with Crippen LogP contribution in [0.2, 0.25) is 0 Å². The van der Waals surface area contributed by atoms with E-state index >= 15 is 0 Å². The normalized spacial score (nSPS) is 26.6. The van der Waals surface area contributed by atoms with Crippen LogP contribution in [0.5, 0.6) is 0 Å². The van der Waals surface area contributed by atoms with Gasteiger partial charge in [0.2, 0.25) is 11.8 Å². The number of rotatable bonds is 4. The van der Waals surface area contributed by atoms with E-state index in [2.05, 4.69) is 15.5 Å². The SMILES string of the molecule is CN(CCN1CCNCC1)C1CC(=O)NC1=O. The summed E-state index contributed by atoms with van der Waals surface area (Å²) < 4.78 is 0. The fourth-order valence-electron chi connectivity index (χ4n) is 2.29. The molecule has 0 aromatic rings. The molecule has 0 aromatic heterocycles. The van der Waals surface area contributed by atoms with Crippen LogP contribution in [-0.2, 0) is 9.59 Å². The molecule has 2 aliphatic rings. The average molecular weight is 240 g/mol. The summed E-state index contributed by atoms with van der Waals surface area (Å²) in [6.45, 7) is 5.97. The number of hydrogen-bond acceptors (Lipinski definition) is 5. The summed E-state index contributed by atoms with van der Waals surface area (Å²) in [5.74, 6) is -0.313. The topological polar surface area (TPSA) is 64.7 Å². The number of carbonyl (C=O) groups excluding carboxylic acids is 2. The van der Waals surface area contributed by atoms with Crippen molar-refractivity contribution in [2.45, 2.75) is 12.5 Å². The highest BCUT2D eigenvalue weighted by molar-refractivity contribution is 6.05. The van der Waals surface area contributed by atoms with E-state index in [9.17, 15) is 9.59 Å². The van der Waals surface area contributed by atoms with Gasteiger partial charge in [0, 0.05) is 39.3 Å². The average Bonchev–Trinajstić information content (AvgIpc) is 2.67. The fourth-order valence-corrected chi connectivity index (χ4v) is 2.29. The largest absolute Gasteiger partial charge is 0.314 e. The van der Waals surface area contributed by atoms with Gasteiger partial charge in [-0.1, -0.05) is 0 Å². The maximum atomic E-state index is 11.5. The summed E-state index contributed by atoms with van der Waals surface area (Å²) in [6.07, 6.45) is 0.302. The van der Waals surface area contributed by atoms with Crippen molar-refractivity contribution in [2.75, 3.05) is 46.3 Å². The summed E-state index contributed by atoms with van der Waals surface area (Å²) in [5.41, 5.74) is 0. The molecule has 1 atom stereocenters. The lowest BCUT2D eigenvalue weighted by Gasteiger charge is -2.30. The minimum atomic E-state index is -0.273. The summed E-state index contributed by atoms with van der Waals surface area (Å²) >= 11 is 0. The first kappa shape index (κ1) is 12.5. The summed E-state index contributed by atoms with van der Waals surface area (Å²) in [4.78, 5) is 26.9. The number of hydrogen-bond donors (Lipinski definition) is 2. The van der Waals surface area contributed by atoms with Crippen LogP contribution in [-0.4, -0.2) is 74.0 Å². The van der Waals surface area contributed by atoms with E-state index in [1.807, 2.05) is 11.9 Å². The predicted molar refractivity (Wildman–Crippen MR) is 63.5 cm³/mol. The van der Waals surface area contributed by atoms with Gasteiger partial charge in [-0.15, -0.1) is 0 Å². The Morgan fingerprint density at radius 3 is 2.65 bits per heavy atom. The van der Waals surface area contributed by atoms with Gasteiger partial charge in [-0.3, -0.25) is 24.7 Å². The molecule has 0 aromatic carbocycles. The van der Waals surface area contributed by atoms with E-state index in [1.165, 1.54) is 0 Å². The highest BCUT2D eigenvalue weighted by Gasteiger charge is 2.33. The van der Waals surface area contributed by atoms with Gasteiger partial charge in [-0.2, -0.15) is 0 Å². The summed E-state index contributed by atoms with van der Waals surface area (Å²) in [7, 11) is 1.91. The van der Waals surface area contributed by atoms with Gasteiger partial charge in [-0.05, 0) is 7.05 Å². The molecule has 2 heterocycles. The number of carbonyl (C=O) groups is 2. The third-order valence-corrected chi connectivity index (χ3v) is 3.45. The highest BCUT2D eigenvalue weighted by Crippen LogP contribution is 2.08. The first-order valence-corrected chi connectivity index (χ1v) is 6.14. The number of imide groups is 1. The van der Waals surface area contributed by atoms with Gasteiger partial charge >= 0.3 is 0 Å². The highest BCUT2D eigenvalue weighted by atomic mass is 16.2. The molecule has 1 unspecified atom stereocenters. The zero-order valence-electron chi connectivity index (χ0n) is 10.2. The van der Waals surface area contributed by atoms with E-state index in [-0.39, 0.29) is 17.9 Å². The van der Waals surface area contributed by atoms with Crippen molar-refractivity contribution < 1.29 is 9.59 Å². The van der Waals surface area contributed by atoms with Crippen LogP contribution in [0.25, 0.3) is 0 Å². The third-order valence-electron chi connectivity index (χ3n) is 3.45. The maximum absolute atomic E-state index is 11.5. The lowest BCUT2D eigenvalue weighted by atomic mass is 10.2. The molecule has 2 N–H and O–H groups in total.